The number of ether oxygens (including phenoxy) is 1. The first-order chi connectivity index (χ1) is 14.2. The maximum Gasteiger partial charge on any atom is 0.573 e. The van der Waals surface area contributed by atoms with Crippen molar-refractivity contribution in [1.82, 2.24) is 4.90 Å². The number of rotatable bonds is 6. The summed E-state index contributed by atoms with van der Waals surface area (Å²) in [4.78, 5) is 29.7. The average molecular weight is 438 g/mol. The third-order valence-electron chi connectivity index (χ3n) is 4.18. The van der Waals surface area contributed by atoms with Gasteiger partial charge in [-0.15, -0.1) is 13.2 Å². The van der Waals surface area contributed by atoms with Gasteiger partial charge in [-0.1, -0.05) is 42.1 Å². The summed E-state index contributed by atoms with van der Waals surface area (Å²) < 4.78 is 40.7. The number of amides is 1. The summed E-state index contributed by atoms with van der Waals surface area (Å²) in [5.74, 6) is -1.89. The van der Waals surface area contributed by atoms with Gasteiger partial charge in [0.1, 0.15) is 11.0 Å². The van der Waals surface area contributed by atoms with Gasteiger partial charge in [0.2, 0.25) is 5.91 Å². The molecule has 1 fully saturated rings. The average Bonchev–Trinajstić information content (AvgIpc) is 2.68. The molecular formula is C20H17F3N2O4S. The molecule has 3 rings (SSSR count). The van der Waals surface area contributed by atoms with Crippen LogP contribution in [0.3, 0.4) is 0 Å². The van der Waals surface area contributed by atoms with Crippen molar-refractivity contribution >= 4 is 34.5 Å². The lowest BCUT2D eigenvalue weighted by molar-refractivity contribution is -0.274. The van der Waals surface area contributed by atoms with E-state index < -0.39 is 23.3 Å². The molecule has 1 saturated heterocycles. The number of halogens is 3. The fraction of sp³-hybridized carbons (Fsp3) is 0.250. The number of carbonyl (C=O) groups excluding carboxylic acids is 1. The highest BCUT2D eigenvalue weighted by Gasteiger charge is 2.35. The van der Waals surface area contributed by atoms with Crippen molar-refractivity contribution in [3.8, 4) is 5.75 Å². The van der Waals surface area contributed by atoms with E-state index in [9.17, 15) is 27.9 Å². The molecule has 0 bridgehead atoms. The molecule has 1 aliphatic rings. The summed E-state index contributed by atoms with van der Waals surface area (Å²) in [5.41, 5.74) is 1.28. The Hall–Kier alpha value is -3.01. The van der Waals surface area contributed by atoms with Crippen LogP contribution in [0.4, 0.5) is 18.9 Å². The van der Waals surface area contributed by atoms with Crippen LogP contribution in [0.1, 0.15) is 12.0 Å². The van der Waals surface area contributed by atoms with Crippen molar-refractivity contribution in [3.05, 3.63) is 60.2 Å². The van der Waals surface area contributed by atoms with Gasteiger partial charge < -0.3 is 9.84 Å². The fourth-order valence-electron chi connectivity index (χ4n) is 2.77. The number of benzene rings is 2. The van der Waals surface area contributed by atoms with Crippen LogP contribution in [-0.4, -0.2) is 45.2 Å². The standard InChI is InChI=1S/C20H17F3N2O4S/c21-20(22,23)29-15-8-6-14(7-9-15)24-19-25(11-10-13-4-2-1-3-5-13)17(26)12-16(30-19)18(27)28/h1-9,16H,10-12H2,(H,27,28)/t16-/m1/s1. The molecule has 1 N–H and O–H groups in total. The van der Waals surface area contributed by atoms with Crippen LogP contribution in [-0.2, 0) is 16.0 Å². The van der Waals surface area contributed by atoms with E-state index in [0.29, 0.717) is 13.0 Å². The fourth-order valence-corrected chi connectivity index (χ4v) is 3.83. The van der Waals surface area contributed by atoms with E-state index in [1.807, 2.05) is 30.3 Å². The van der Waals surface area contributed by atoms with Crippen molar-refractivity contribution in [1.29, 1.82) is 0 Å². The van der Waals surface area contributed by atoms with Crippen molar-refractivity contribution in [3.63, 3.8) is 0 Å². The molecule has 1 atom stereocenters. The monoisotopic (exact) mass is 438 g/mol. The Morgan fingerprint density at radius 3 is 2.43 bits per heavy atom. The van der Waals surface area contributed by atoms with Crippen LogP contribution in [0, 0.1) is 0 Å². The number of alkyl halides is 3. The van der Waals surface area contributed by atoms with Gasteiger partial charge in [0.05, 0.1) is 12.1 Å². The molecule has 2 aromatic rings. The van der Waals surface area contributed by atoms with Gasteiger partial charge in [-0.3, -0.25) is 14.5 Å². The van der Waals surface area contributed by atoms with Crippen molar-refractivity contribution < 1.29 is 32.6 Å². The van der Waals surface area contributed by atoms with Gasteiger partial charge in [0, 0.05) is 6.54 Å². The number of thioether (sulfide) groups is 1. The third-order valence-corrected chi connectivity index (χ3v) is 5.35. The zero-order valence-corrected chi connectivity index (χ0v) is 16.3. The largest absolute Gasteiger partial charge is 0.573 e. The summed E-state index contributed by atoms with van der Waals surface area (Å²) >= 11 is 0.940. The molecule has 0 saturated carbocycles. The maximum absolute atomic E-state index is 12.6. The predicted octanol–water partition coefficient (Wildman–Crippen LogP) is 4.23. The van der Waals surface area contributed by atoms with Crippen molar-refractivity contribution in [2.45, 2.75) is 24.5 Å². The van der Waals surface area contributed by atoms with E-state index >= 15 is 0 Å². The Morgan fingerprint density at radius 1 is 1.17 bits per heavy atom. The second-order valence-electron chi connectivity index (χ2n) is 6.37. The summed E-state index contributed by atoms with van der Waals surface area (Å²) in [5, 5.41) is 8.53. The number of hydrogen-bond donors (Lipinski definition) is 1. The first-order valence-electron chi connectivity index (χ1n) is 8.89. The summed E-state index contributed by atoms with van der Waals surface area (Å²) in [6, 6.07) is 14.3. The number of carbonyl (C=O) groups is 2. The zero-order valence-electron chi connectivity index (χ0n) is 15.5. The van der Waals surface area contributed by atoms with Gasteiger partial charge >= 0.3 is 12.3 Å². The zero-order chi connectivity index (χ0) is 21.7. The predicted molar refractivity (Wildman–Crippen MR) is 106 cm³/mol. The van der Waals surface area contributed by atoms with Crippen LogP contribution in [0.5, 0.6) is 5.75 Å². The van der Waals surface area contributed by atoms with E-state index in [2.05, 4.69) is 9.73 Å². The number of carboxylic acids is 1. The highest BCUT2D eigenvalue weighted by atomic mass is 32.2. The number of aliphatic carboxylic acids is 1. The molecule has 0 radical (unpaired) electrons. The van der Waals surface area contributed by atoms with Crippen LogP contribution in [0.15, 0.2) is 59.6 Å². The lowest BCUT2D eigenvalue weighted by Gasteiger charge is -2.30. The summed E-state index contributed by atoms with van der Waals surface area (Å²) in [6.07, 6.45) is -4.42. The Labute approximate surface area is 174 Å². The maximum atomic E-state index is 12.6. The lowest BCUT2D eigenvalue weighted by atomic mass is 10.1. The second-order valence-corrected chi connectivity index (χ2v) is 7.54. The van der Waals surface area contributed by atoms with Crippen molar-refractivity contribution in [2.75, 3.05) is 6.54 Å². The third kappa shape index (κ3) is 5.99. The van der Waals surface area contributed by atoms with E-state index in [1.54, 1.807) is 0 Å². The topological polar surface area (TPSA) is 79.2 Å². The SMILES string of the molecule is O=C(O)[C@H]1CC(=O)N(CCc2ccccc2)C(=Nc2ccc(OC(F)(F)F)cc2)S1. The molecule has 0 aliphatic carbocycles. The van der Waals surface area contributed by atoms with E-state index in [1.165, 1.54) is 17.0 Å². The number of nitrogens with zero attached hydrogens (tertiary/aromatic N) is 2. The molecule has 30 heavy (non-hydrogen) atoms. The number of amidine groups is 1. The number of aliphatic imine (C=N–C) groups is 1. The van der Waals surface area contributed by atoms with E-state index in [-0.39, 0.29) is 23.2 Å². The molecule has 1 aliphatic heterocycles. The number of hydrogen-bond acceptors (Lipinski definition) is 5. The number of carboxylic acid groups (broad SMARTS) is 1. The van der Waals surface area contributed by atoms with Gasteiger partial charge in [-0.05, 0) is 36.2 Å². The first-order valence-corrected chi connectivity index (χ1v) is 9.77. The van der Waals surface area contributed by atoms with Crippen molar-refractivity contribution in [2.24, 2.45) is 4.99 Å². The van der Waals surface area contributed by atoms with Gasteiger partial charge in [0.15, 0.2) is 5.17 Å². The molecule has 0 spiro atoms. The van der Waals surface area contributed by atoms with E-state index in [4.69, 9.17) is 0 Å². The minimum Gasteiger partial charge on any atom is -0.480 e. The molecule has 1 amide bonds. The first kappa shape index (κ1) is 21.7. The van der Waals surface area contributed by atoms with Gasteiger partial charge in [0.25, 0.3) is 0 Å². The quantitative estimate of drug-likeness (QED) is 0.730. The Morgan fingerprint density at radius 2 is 1.83 bits per heavy atom. The highest BCUT2D eigenvalue weighted by Crippen LogP contribution is 2.30. The Kier molecular flexibility index (Phi) is 6.66. The Bertz CT molecular complexity index is 933. The minimum absolute atomic E-state index is 0.161. The molecule has 2 aromatic carbocycles. The van der Waals surface area contributed by atoms with E-state index in [0.717, 1.165) is 29.5 Å². The molecule has 1 heterocycles. The van der Waals surface area contributed by atoms with Gasteiger partial charge in [-0.2, -0.15) is 0 Å². The van der Waals surface area contributed by atoms with Gasteiger partial charge in [-0.25, -0.2) is 4.99 Å². The molecule has 6 nitrogen and oxygen atoms in total. The molecule has 158 valence electrons. The smallest absolute Gasteiger partial charge is 0.480 e. The minimum atomic E-state index is -4.80. The van der Waals surface area contributed by atoms with Crippen LogP contribution >= 0.6 is 11.8 Å². The summed E-state index contributed by atoms with van der Waals surface area (Å²) in [7, 11) is 0. The van der Waals surface area contributed by atoms with Crippen LogP contribution < -0.4 is 4.74 Å². The summed E-state index contributed by atoms with van der Waals surface area (Å²) in [6.45, 7) is 0.302. The lowest BCUT2D eigenvalue weighted by Crippen LogP contribution is -2.44. The molecule has 0 unspecified atom stereocenters. The highest BCUT2D eigenvalue weighted by molar-refractivity contribution is 8.15. The molecule has 0 aromatic heterocycles. The molecular weight excluding hydrogens is 421 g/mol. The van der Waals surface area contributed by atoms with Crippen LogP contribution in [0.25, 0.3) is 0 Å². The van der Waals surface area contributed by atoms with Crippen LogP contribution in [0.2, 0.25) is 0 Å². The Balaban J connectivity index is 1.81. The second kappa shape index (κ2) is 9.21. The molecule has 10 heteroatoms. The normalized spacial score (nSPS) is 18.5.